The van der Waals surface area contributed by atoms with Gasteiger partial charge in [-0.3, -0.25) is 19.6 Å². The molecule has 0 aromatic carbocycles. The predicted molar refractivity (Wildman–Crippen MR) is 75.1 cm³/mol. The van der Waals surface area contributed by atoms with Gasteiger partial charge >= 0.3 is 0 Å². The van der Waals surface area contributed by atoms with Crippen LogP contribution >= 0.6 is 0 Å². The number of primary amides is 1. The molecule has 7 nitrogen and oxygen atoms in total. The number of anilines is 1. The lowest BCUT2D eigenvalue weighted by Gasteiger charge is -2.12. The van der Waals surface area contributed by atoms with Crippen LogP contribution in [0.4, 0.5) is 5.82 Å². The van der Waals surface area contributed by atoms with E-state index in [-0.39, 0.29) is 23.2 Å². The molecule has 3 rings (SSSR count). The lowest BCUT2D eigenvalue weighted by molar-refractivity contribution is -0.117. The van der Waals surface area contributed by atoms with E-state index in [0.717, 1.165) is 12.8 Å². The molecule has 2 amide bonds. The second-order valence-corrected chi connectivity index (χ2v) is 4.80. The van der Waals surface area contributed by atoms with Gasteiger partial charge in [-0.1, -0.05) is 0 Å². The molecule has 2 heterocycles. The van der Waals surface area contributed by atoms with Crippen LogP contribution in [0, 0.1) is 5.92 Å². The highest BCUT2D eigenvalue weighted by Crippen LogP contribution is 2.32. The van der Waals surface area contributed by atoms with Crippen molar-refractivity contribution in [3.63, 3.8) is 0 Å². The molecule has 1 aliphatic carbocycles. The Kier molecular flexibility index (Phi) is 3.31. The average molecular weight is 283 g/mol. The molecule has 1 saturated carbocycles. The number of aromatic nitrogens is 3. The normalized spacial score (nSPS) is 13.7. The van der Waals surface area contributed by atoms with Gasteiger partial charge in [0.15, 0.2) is 0 Å². The Hall–Kier alpha value is -2.83. The lowest BCUT2D eigenvalue weighted by Crippen LogP contribution is -2.18. The fraction of sp³-hybridized carbons (Fsp3) is 0.214. The number of nitrogens with one attached hydrogen (secondary N) is 1. The molecule has 0 spiro atoms. The molecular weight excluding hydrogens is 270 g/mol. The van der Waals surface area contributed by atoms with Gasteiger partial charge in [-0.2, -0.15) is 0 Å². The fourth-order valence-electron chi connectivity index (χ4n) is 2.01. The number of rotatable bonds is 4. The van der Waals surface area contributed by atoms with E-state index in [2.05, 4.69) is 20.3 Å². The van der Waals surface area contributed by atoms with Gasteiger partial charge in [0.2, 0.25) is 11.8 Å². The predicted octanol–water partition coefficient (Wildman–Crippen LogP) is 0.986. The van der Waals surface area contributed by atoms with Gasteiger partial charge in [0.05, 0.1) is 23.0 Å². The van der Waals surface area contributed by atoms with Crippen molar-refractivity contribution in [2.45, 2.75) is 12.8 Å². The zero-order chi connectivity index (χ0) is 14.8. The third-order valence-corrected chi connectivity index (χ3v) is 3.23. The summed E-state index contributed by atoms with van der Waals surface area (Å²) in [4.78, 5) is 35.8. The van der Waals surface area contributed by atoms with Crippen LogP contribution in [0.5, 0.6) is 0 Å². The molecule has 21 heavy (non-hydrogen) atoms. The van der Waals surface area contributed by atoms with Gasteiger partial charge in [-0.05, 0) is 18.9 Å². The van der Waals surface area contributed by atoms with Gasteiger partial charge in [-0.25, -0.2) is 4.98 Å². The topological polar surface area (TPSA) is 111 Å². The van der Waals surface area contributed by atoms with Crippen molar-refractivity contribution < 1.29 is 9.59 Å². The fourth-order valence-corrected chi connectivity index (χ4v) is 2.01. The summed E-state index contributed by atoms with van der Waals surface area (Å²) < 4.78 is 0. The molecule has 7 heteroatoms. The largest absolute Gasteiger partial charge is 0.366 e. The standard InChI is InChI=1S/C14H13N5O2/c15-12(20)9-3-4-18-13(19-14(21)8-1-2-8)11(9)10-7-16-5-6-17-10/h3-8H,1-2H2,(H2,15,20)(H,18,19,21). The Morgan fingerprint density at radius 3 is 2.62 bits per heavy atom. The number of hydrogen-bond donors (Lipinski definition) is 2. The molecule has 1 fully saturated rings. The first-order chi connectivity index (χ1) is 10.2. The van der Waals surface area contributed by atoms with E-state index in [0.29, 0.717) is 11.3 Å². The molecule has 0 bridgehead atoms. The minimum Gasteiger partial charge on any atom is -0.366 e. The third kappa shape index (κ3) is 2.71. The summed E-state index contributed by atoms with van der Waals surface area (Å²) in [7, 11) is 0. The zero-order valence-electron chi connectivity index (χ0n) is 11.1. The highest BCUT2D eigenvalue weighted by atomic mass is 16.2. The molecule has 0 radical (unpaired) electrons. The van der Waals surface area contributed by atoms with Crippen molar-refractivity contribution in [1.82, 2.24) is 15.0 Å². The van der Waals surface area contributed by atoms with Crippen molar-refractivity contribution in [3.05, 3.63) is 36.4 Å². The van der Waals surface area contributed by atoms with E-state index in [9.17, 15) is 9.59 Å². The van der Waals surface area contributed by atoms with Gasteiger partial charge < -0.3 is 11.1 Å². The van der Waals surface area contributed by atoms with E-state index < -0.39 is 5.91 Å². The Bertz CT molecular complexity index is 698. The summed E-state index contributed by atoms with van der Waals surface area (Å²) >= 11 is 0. The van der Waals surface area contributed by atoms with Crippen LogP contribution in [0.15, 0.2) is 30.9 Å². The SMILES string of the molecule is NC(=O)c1ccnc(NC(=O)C2CC2)c1-c1cnccn1. The van der Waals surface area contributed by atoms with Gasteiger partial charge in [-0.15, -0.1) is 0 Å². The van der Waals surface area contributed by atoms with Crippen LogP contribution in [0.2, 0.25) is 0 Å². The maximum Gasteiger partial charge on any atom is 0.249 e. The second-order valence-electron chi connectivity index (χ2n) is 4.80. The number of pyridine rings is 1. The average Bonchev–Trinajstić information content (AvgIpc) is 3.32. The Morgan fingerprint density at radius 1 is 1.19 bits per heavy atom. The first-order valence-corrected chi connectivity index (χ1v) is 6.53. The maximum atomic E-state index is 11.9. The van der Waals surface area contributed by atoms with Gasteiger partial charge in [0.1, 0.15) is 5.82 Å². The van der Waals surface area contributed by atoms with Gasteiger partial charge in [0, 0.05) is 24.5 Å². The molecule has 106 valence electrons. The van der Waals surface area contributed by atoms with Crippen LogP contribution in [-0.2, 0) is 4.79 Å². The Labute approximate surface area is 120 Å². The molecule has 0 saturated heterocycles. The van der Waals surface area contributed by atoms with E-state index in [1.54, 1.807) is 0 Å². The lowest BCUT2D eigenvalue weighted by atomic mass is 10.1. The quantitative estimate of drug-likeness (QED) is 0.869. The number of hydrogen-bond acceptors (Lipinski definition) is 5. The molecular formula is C14H13N5O2. The van der Waals surface area contributed by atoms with Crippen LogP contribution < -0.4 is 11.1 Å². The van der Waals surface area contributed by atoms with Crippen LogP contribution in [-0.4, -0.2) is 26.8 Å². The summed E-state index contributed by atoms with van der Waals surface area (Å²) in [5, 5.41) is 2.74. The van der Waals surface area contributed by atoms with E-state index in [1.807, 2.05) is 0 Å². The van der Waals surface area contributed by atoms with Crippen LogP contribution in [0.3, 0.4) is 0 Å². The zero-order valence-corrected chi connectivity index (χ0v) is 11.1. The third-order valence-electron chi connectivity index (χ3n) is 3.23. The molecule has 0 aliphatic heterocycles. The van der Waals surface area contributed by atoms with Crippen molar-refractivity contribution in [3.8, 4) is 11.3 Å². The first kappa shape index (κ1) is 13.2. The van der Waals surface area contributed by atoms with Crippen LogP contribution in [0.25, 0.3) is 11.3 Å². The van der Waals surface area contributed by atoms with Crippen molar-refractivity contribution in [2.75, 3.05) is 5.32 Å². The minimum absolute atomic E-state index is 0.0266. The van der Waals surface area contributed by atoms with Gasteiger partial charge in [0.25, 0.3) is 0 Å². The minimum atomic E-state index is -0.611. The smallest absolute Gasteiger partial charge is 0.249 e. The number of carbonyl (C=O) groups is 2. The Morgan fingerprint density at radius 2 is 2.00 bits per heavy atom. The molecule has 0 unspecified atom stereocenters. The molecule has 2 aromatic rings. The Balaban J connectivity index is 2.08. The number of carbonyl (C=O) groups excluding carboxylic acids is 2. The summed E-state index contributed by atoms with van der Waals surface area (Å²) in [6, 6.07) is 1.50. The van der Waals surface area contributed by atoms with Crippen molar-refractivity contribution >= 4 is 17.6 Å². The summed E-state index contributed by atoms with van der Waals surface area (Å²) in [6.45, 7) is 0. The van der Waals surface area contributed by atoms with Crippen LogP contribution in [0.1, 0.15) is 23.2 Å². The van der Waals surface area contributed by atoms with Crippen molar-refractivity contribution in [1.29, 1.82) is 0 Å². The second kappa shape index (κ2) is 5.28. The molecule has 3 N–H and O–H groups in total. The highest BCUT2D eigenvalue weighted by molar-refractivity contribution is 6.04. The number of nitrogens with zero attached hydrogens (tertiary/aromatic N) is 3. The first-order valence-electron chi connectivity index (χ1n) is 6.53. The van der Waals surface area contributed by atoms with E-state index >= 15 is 0 Å². The summed E-state index contributed by atoms with van der Waals surface area (Å²) in [5.74, 6) is -0.406. The van der Waals surface area contributed by atoms with E-state index in [1.165, 1.54) is 30.9 Å². The van der Waals surface area contributed by atoms with E-state index in [4.69, 9.17) is 5.73 Å². The molecule has 0 atom stereocenters. The monoisotopic (exact) mass is 283 g/mol. The summed E-state index contributed by atoms with van der Waals surface area (Å²) in [5.41, 5.74) is 6.47. The van der Waals surface area contributed by atoms with Crippen molar-refractivity contribution in [2.24, 2.45) is 11.7 Å². The summed E-state index contributed by atoms with van der Waals surface area (Å²) in [6.07, 6.45) is 7.70. The highest BCUT2D eigenvalue weighted by Gasteiger charge is 2.31. The molecule has 2 aromatic heterocycles. The molecule has 1 aliphatic rings. The maximum absolute atomic E-state index is 11.9. The number of amides is 2. The number of nitrogens with two attached hydrogens (primary N) is 1.